The van der Waals surface area contributed by atoms with Gasteiger partial charge in [-0.15, -0.1) is 0 Å². The molecule has 0 unspecified atom stereocenters. The molecule has 0 aliphatic carbocycles. The molecule has 164 valence electrons. The molecule has 0 aromatic carbocycles. The molecule has 0 aliphatic rings. The van der Waals surface area contributed by atoms with Gasteiger partial charge in [-0.1, -0.05) is 93.7 Å². The Morgan fingerprint density at radius 3 is 1.45 bits per heavy atom. The average Bonchev–Trinajstić information content (AvgIpc) is 2.75. The molecule has 0 spiro atoms. The first kappa shape index (κ1) is 29.1. The summed E-state index contributed by atoms with van der Waals surface area (Å²) in [4.78, 5) is 11.4. The monoisotopic (exact) mass is 400 g/mol. The Bertz CT molecular complexity index is 511. The minimum atomic E-state index is 0.0694. The lowest BCUT2D eigenvalue weighted by Gasteiger charge is -2.00. The van der Waals surface area contributed by atoms with Gasteiger partial charge in [-0.05, 0) is 44.9 Å². The number of rotatable bonds is 16. The van der Waals surface area contributed by atoms with Crippen LogP contribution in [-0.4, -0.2) is 19.0 Å². The molecule has 0 heterocycles. The molecular weight excluding hydrogens is 356 g/mol. The number of carbonyl (C=O) groups is 1. The van der Waals surface area contributed by atoms with Gasteiger partial charge < -0.3 is 11.1 Å². The molecule has 3 heteroatoms. The molecule has 29 heavy (non-hydrogen) atoms. The van der Waals surface area contributed by atoms with Crippen LogP contribution in [0.2, 0.25) is 0 Å². The molecule has 0 saturated carbocycles. The number of nitrogens with two attached hydrogens (primary N) is 1. The van der Waals surface area contributed by atoms with Crippen molar-refractivity contribution < 1.29 is 4.79 Å². The minimum absolute atomic E-state index is 0.0694. The van der Waals surface area contributed by atoms with Gasteiger partial charge in [-0.2, -0.15) is 0 Å². The highest BCUT2D eigenvalue weighted by atomic mass is 16.1. The Balaban J connectivity index is 0. The van der Waals surface area contributed by atoms with E-state index in [-0.39, 0.29) is 5.91 Å². The van der Waals surface area contributed by atoms with E-state index in [2.05, 4.69) is 85.2 Å². The van der Waals surface area contributed by atoms with Gasteiger partial charge in [0.05, 0.1) is 0 Å². The second-order valence-corrected chi connectivity index (χ2v) is 6.09. The largest absolute Gasteiger partial charge is 0.355 e. The molecule has 3 nitrogen and oxygen atoms in total. The average molecular weight is 401 g/mol. The lowest BCUT2D eigenvalue weighted by Crippen LogP contribution is -2.28. The first-order valence-corrected chi connectivity index (χ1v) is 11.2. The minimum Gasteiger partial charge on any atom is -0.355 e. The SMILES string of the molecule is CC.CC/C=C\C/C=C\C/C=C\C/C=C\C/C=C\C/C=C\CCC(=O)NCCN. The molecule has 1 amide bonds. The molecule has 3 N–H and O–H groups in total. The summed E-state index contributed by atoms with van der Waals surface area (Å²) in [7, 11) is 0. The normalized spacial score (nSPS) is 12.1. The Hall–Kier alpha value is -2.13. The fourth-order valence-electron chi connectivity index (χ4n) is 2.15. The Kier molecular flexibility index (Phi) is 28.2. The third-order valence-corrected chi connectivity index (χ3v) is 3.60. The van der Waals surface area contributed by atoms with Crippen LogP contribution < -0.4 is 11.1 Å². The Morgan fingerprint density at radius 1 is 0.690 bits per heavy atom. The quantitative estimate of drug-likeness (QED) is 0.288. The number of carbonyl (C=O) groups excluding carboxylic acids is 1. The maximum atomic E-state index is 11.4. The summed E-state index contributed by atoms with van der Waals surface area (Å²) in [5, 5.41) is 2.76. The summed E-state index contributed by atoms with van der Waals surface area (Å²) in [6, 6.07) is 0. The number of allylic oxidation sites excluding steroid dienone is 12. The third-order valence-electron chi connectivity index (χ3n) is 3.60. The van der Waals surface area contributed by atoms with Crippen LogP contribution in [0.4, 0.5) is 0 Å². The van der Waals surface area contributed by atoms with Crippen molar-refractivity contribution >= 4 is 5.91 Å². The standard InChI is InChI=1S/C24H38N2O.C2H6/c1-2-3-4-5-6-7-8-9-10-11-12-13-14-15-16-17-18-19-20-21-24(27)26-23-22-25;1-2/h3-4,6-7,9-10,12-13,15-16,18-19H,2,5,8,11,14,17,20-23,25H2,1H3,(H,26,27);1-2H3/b4-3-,7-6-,10-9-,13-12-,16-15-,19-18-;. The predicted octanol–water partition coefficient (Wildman–Crippen LogP) is 6.57. The zero-order valence-corrected chi connectivity index (χ0v) is 19.0. The molecule has 0 aromatic rings. The van der Waals surface area contributed by atoms with Crippen LogP contribution in [0.5, 0.6) is 0 Å². The molecule has 0 rings (SSSR count). The van der Waals surface area contributed by atoms with Crippen LogP contribution in [0.1, 0.15) is 72.1 Å². The molecule has 0 atom stereocenters. The van der Waals surface area contributed by atoms with Gasteiger partial charge in [0.25, 0.3) is 0 Å². The van der Waals surface area contributed by atoms with Crippen molar-refractivity contribution in [2.45, 2.75) is 72.1 Å². The van der Waals surface area contributed by atoms with Crippen LogP contribution in [-0.2, 0) is 4.79 Å². The van der Waals surface area contributed by atoms with Gasteiger partial charge in [0, 0.05) is 19.5 Å². The number of amides is 1. The van der Waals surface area contributed by atoms with Gasteiger partial charge >= 0.3 is 0 Å². The van der Waals surface area contributed by atoms with Crippen molar-refractivity contribution in [1.82, 2.24) is 5.32 Å². The van der Waals surface area contributed by atoms with Crippen LogP contribution in [0.25, 0.3) is 0 Å². The second kappa shape index (κ2) is 28.1. The van der Waals surface area contributed by atoms with Crippen LogP contribution >= 0.6 is 0 Å². The molecular formula is C26H44N2O. The van der Waals surface area contributed by atoms with E-state index in [9.17, 15) is 4.79 Å². The fourth-order valence-corrected chi connectivity index (χ4v) is 2.15. The van der Waals surface area contributed by atoms with E-state index in [1.54, 1.807) is 0 Å². The predicted molar refractivity (Wildman–Crippen MR) is 131 cm³/mol. The van der Waals surface area contributed by atoms with Crippen molar-refractivity contribution in [2.24, 2.45) is 5.73 Å². The molecule has 0 aromatic heterocycles. The van der Waals surface area contributed by atoms with Crippen LogP contribution in [0.15, 0.2) is 72.9 Å². The molecule has 0 radical (unpaired) electrons. The molecule has 0 saturated heterocycles. The smallest absolute Gasteiger partial charge is 0.220 e. The van der Waals surface area contributed by atoms with Gasteiger partial charge in [0.1, 0.15) is 0 Å². The van der Waals surface area contributed by atoms with E-state index in [1.807, 2.05) is 13.8 Å². The van der Waals surface area contributed by atoms with E-state index in [4.69, 9.17) is 5.73 Å². The van der Waals surface area contributed by atoms with Crippen molar-refractivity contribution in [1.29, 1.82) is 0 Å². The van der Waals surface area contributed by atoms with Crippen molar-refractivity contribution in [2.75, 3.05) is 13.1 Å². The zero-order valence-electron chi connectivity index (χ0n) is 19.0. The van der Waals surface area contributed by atoms with Crippen molar-refractivity contribution in [3.05, 3.63) is 72.9 Å². The molecule has 0 bridgehead atoms. The summed E-state index contributed by atoms with van der Waals surface area (Å²) in [6.07, 6.45) is 33.5. The highest BCUT2D eigenvalue weighted by Gasteiger charge is 1.96. The van der Waals surface area contributed by atoms with E-state index in [0.29, 0.717) is 19.5 Å². The highest BCUT2D eigenvalue weighted by Crippen LogP contribution is 1.97. The first-order valence-electron chi connectivity index (χ1n) is 11.2. The lowest BCUT2D eigenvalue weighted by molar-refractivity contribution is -0.120. The molecule has 0 fully saturated rings. The van der Waals surface area contributed by atoms with Crippen molar-refractivity contribution in [3.63, 3.8) is 0 Å². The summed E-state index contributed by atoms with van der Waals surface area (Å²) >= 11 is 0. The third kappa shape index (κ3) is 28.2. The number of hydrogen-bond donors (Lipinski definition) is 2. The topological polar surface area (TPSA) is 55.1 Å². The Morgan fingerprint density at radius 2 is 1.07 bits per heavy atom. The summed E-state index contributed by atoms with van der Waals surface area (Å²) in [5.74, 6) is 0.0694. The zero-order chi connectivity index (χ0) is 21.8. The summed E-state index contributed by atoms with van der Waals surface area (Å²) in [6.45, 7) is 7.20. The van der Waals surface area contributed by atoms with Crippen molar-refractivity contribution in [3.8, 4) is 0 Å². The van der Waals surface area contributed by atoms with Gasteiger partial charge in [0.2, 0.25) is 5.91 Å². The fraction of sp³-hybridized carbons (Fsp3) is 0.500. The summed E-state index contributed by atoms with van der Waals surface area (Å²) in [5.41, 5.74) is 5.33. The van der Waals surface area contributed by atoms with Gasteiger partial charge in [-0.3, -0.25) is 4.79 Å². The van der Waals surface area contributed by atoms with Crippen LogP contribution in [0, 0.1) is 0 Å². The Labute approximate surface area is 180 Å². The van der Waals surface area contributed by atoms with Gasteiger partial charge in [0.15, 0.2) is 0 Å². The van der Waals surface area contributed by atoms with Crippen LogP contribution in [0.3, 0.4) is 0 Å². The second-order valence-electron chi connectivity index (χ2n) is 6.09. The number of hydrogen-bond acceptors (Lipinski definition) is 2. The molecule has 0 aliphatic heterocycles. The summed E-state index contributed by atoms with van der Waals surface area (Å²) < 4.78 is 0. The van der Waals surface area contributed by atoms with E-state index < -0.39 is 0 Å². The highest BCUT2D eigenvalue weighted by molar-refractivity contribution is 5.75. The van der Waals surface area contributed by atoms with E-state index in [1.165, 1.54) is 0 Å². The maximum absolute atomic E-state index is 11.4. The number of nitrogens with one attached hydrogen (secondary N) is 1. The first-order chi connectivity index (χ1) is 14.3. The lowest BCUT2D eigenvalue weighted by atomic mass is 10.2. The van der Waals surface area contributed by atoms with E-state index >= 15 is 0 Å². The van der Waals surface area contributed by atoms with Gasteiger partial charge in [-0.25, -0.2) is 0 Å². The van der Waals surface area contributed by atoms with E-state index in [0.717, 1.165) is 44.9 Å². The maximum Gasteiger partial charge on any atom is 0.220 e.